The Morgan fingerprint density at radius 3 is 2.62 bits per heavy atom. The van der Waals surface area contributed by atoms with Gasteiger partial charge in [0.15, 0.2) is 0 Å². The molecule has 0 amide bonds. The zero-order valence-corrected chi connectivity index (χ0v) is 12.4. The van der Waals surface area contributed by atoms with E-state index in [2.05, 4.69) is 0 Å². The number of para-hydroxylation sites is 2. The predicted octanol–water partition coefficient (Wildman–Crippen LogP) is 3.64. The number of ether oxygens (including phenoxy) is 2. The van der Waals surface area contributed by atoms with Crippen LogP contribution in [0, 0.1) is 0 Å². The van der Waals surface area contributed by atoms with Gasteiger partial charge in [-0.25, -0.2) is 0 Å². The van der Waals surface area contributed by atoms with Gasteiger partial charge in [-0.3, -0.25) is 0 Å². The Morgan fingerprint density at radius 2 is 1.81 bits per heavy atom. The Morgan fingerprint density at radius 1 is 1.10 bits per heavy atom. The van der Waals surface area contributed by atoms with Gasteiger partial charge < -0.3 is 14.6 Å². The lowest BCUT2D eigenvalue weighted by Crippen LogP contribution is -2.37. The van der Waals surface area contributed by atoms with Gasteiger partial charge in [-0.1, -0.05) is 30.3 Å². The van der Waals surface area contributed by atoms with Crippen molar-refractivity contribution in [3.63, 3.8) is 0 Å². The maximum absolute atomic E-state index is 11.0. The van der Waals surface area contributed by atoms with Crippen LogP contribution in [0.25, 0.3) is 0 Å². The van der Waals surface area contributed by atoms with Crippen LogP contribution in [0.4, 0.5) is 0 Å². The summed E-state index contributed by atoms with van der Waals surface area (Å²) in [5.74, 6) is 0.0832. The lowest BCUT2D eigenvalue weighted by molar-refractivity contribution is -0.159. The van der Waals surface area contributed by atoms with Crippen LogP contribution < -0.4 is 9.47 Å². The molecule has 3 nitrogen and oxygen atoms in total. The summed E-state index contributed by atoms with van der Waals surface area (Å²) in [6, 6.07) is 15.4. The average Bonchev–Trinajstić information content (AvgIpc) is 2.47. The van der Waals surface area contributed by atoms with Crippen molar-refractivity contribution in [3.05, 3.63) is 59.7 Å². The Bertz CT molecular complexity index is 636. The summed E-state index contributed by atoms with van der Waals surface area (Å²) in [4.78, 5) is 0. The van der Waals surface area contributed by atoms with E-state index in [9.17, 15) is 5.11 Å². The normalized spacial score (nSPS) is 20.8. The highest BCUT2D eigenvalue weighted by Crippen LogP contribution is 2.41. The van der Waals surface area contributed by atoms with Gasteiger partial charge in [-0.2, -0.15) is 0 Å². The molecule has 0 radical (unpaired) electrons. The largest absolute Gasteiger partial charge is 0.490 e. The van der Waals surface area contributed by atoms with Gasteiger partial charge in [0, 0.05) is 6.42 Å². The molecule has 1 unspecified atom stereocenters. The topological polar surface area (TPSA) is 38.7 Å². The second kappa shape index (κ2) is 5.41. The predicted molar refractivity (Wildman–Crippen MR) is 81.5 cm³/mol. The molecule has 0 aromatic heterocycles. The summed E-state index contributed by atoms with van der Waals surface area (Å²) in [5.41, 5.74) is 1.82. The molecule has 0 saturated heterocycles. The molecule has 2 aromatic rings. The van der Waals surface area contributed by atoms with E-state index >= 15 is 0 Å². The van der Waals surface area contributed by atoms with Crippen LogP contribution in [0.1, 0.15) is 31.4 Å². The van der Waals surface area contributed by atoms with Crippen LogP contribution in [0.15, 0.2) is 48.5 Å². The summed E-state index contributed by atoms with van der Waals surface area (Å²) in [7, 11) is 0. The van der Waals surface area contributed by atoms with Crippen LogP contribution in [0.5, 0.6) is 11.5 Å². The van der Waals surface area contributed by atoms with Crippen LogP contribution in [0.2, 0.25) is 0 Å². The SMILES string of the molecule is CC(C)Oc1ccccc1C1(O)CCc2ccccc2O1. The molecule has 1 heterocycles. The second-order valence-corrected chi connectivity index (χ2v) is 5.66. The van der Waals surface area contributed by atoms with Crippen molar-refractivity contribution >= 4 is 0 Å². The third kappa shape index (κ3) is 2.74. The van der Waals surface area contributed by atoms with Gasteiger partial charge in [0.05, 0.1) is 11.7 Å². The van der Waals surface area contributed by atoms with E-state index in [1.807, 2.05) is 62.4 Å². The van der Waals surface area contributed by atoms with E-state index in [0.717, 1.165) is 17.7 Å². The molecule has 1 atom stereocenters. The monoisotopic (exact) mass is 284 g/mol. The molecular weight excluding hydrogens is 264 g/mol. The van der Waals surface area contributed by atoms with Gasteiger partial charge in [-0.05, 0) is 44.0 Å². The summed E-state index contributed by atoms with van der Waals surface area (Å²) in [6.07, 6.45) is 1.34. The second-order valence-electron chi connectivity index (χ2n) is 5.66. The number of aryl methyl sites for hydroxylation is 1. The van der Waals surface area contributed by atoms with E-state index in [0.29, 0.717) is 17.7 Å². The molecule has 3 heteroatoms. The fourth-order valence-electron chi connectivity index (χ4n) is 2.68. The minimum Gasteiger partial charge on any atom is -0.490 e. The lowest BCUT2D eigenvalue weighted by Gasteiger charge is -2.35. The van der Waals surface area contributed by atoms with Crippen molar-refractivity contribution in [1.29, 1.82) is 0 Å². The van der Waals surface area contributed by atoms with Crippen molar-refractivity contribution in [2.24, 2.45) is 0 Å². The third-order valence-electron chi connectivity index (χ3n) is 3.66. The van der Waals surface area contributed by atoms with Gasteiger partial charge in [0.2, 0.25) is 5.79 Å². The minimum atomic E-state index is -1.33. The van der Waals surface area contributed by atoms with Gasteiger partial charge in [0.1, 0.15) is 11.5 Å². The molecule has 2 aromatic carbocycles. The fourth-order valence-corrected chi connectivity index (χ4v) is 2.68. The molecule has 1 aliphatic rings. The summed E-state index contributed by atoms with van der Waals surface area (Å²) < 4.78 is 11.7. The molecule has 1 N–H and O–H groups in total. The molecule has 3 rings (SSSR count). The van der Waals surface area contributed by atoms with Gasteiger partial charge >= 0.3 is 0 Å². The maximum Gasteiger partial charge on any atom is 0.238 e. The van der Waals surface area contributed by atoms with E-state index in [1.165, 1.54) is 0 Å². The Hall–Kier alpha value is -2.00. The van der Waals surface area contributed by atoms with Crippen molar-refractivity contribution < 1.29 is 14.6 Å². The average molecular weight is 284 g/mol. The Labute approximate surface area is 125 Å². The smallest absolute Gasteiger partial charge is 0.238 e. The van der Waals surface area contributed by atoms with Crippen LogP contribution in [-0.2, 0) is 12.2 Å². The summed E-state index contributed by atoms with van der Waals surface area (Å²) in [5, 5.41) is 11.0. The summed E-state index contributed by atoms with van der Waals surface area (Å²) in [6.45, 7) is 3.94. The maximum atomic E-state index is 11.0. The Kier molecular flexibility index (Phi) is 3.60. The standard InChI is InChI=1S/C18H20O3/c1-13(2)20-17-10-6-4-8-15(17)18(19)12-11-14-7-3-5-9-16(14)21-18/h3-10,13,19H,11-12H2,1-2H3. The zero-order valence-electron chi connectivity index (χ0n) is 12.4. The van der Waals surface area contributed by atoms with Crippen LogP contribution in [0.3, 0.4) is 0 Å². The molecule has 21 heavy (non-hydrogen) atoms. The van der Waals surface area contributed by atoms with E-state index in [4.69, 9.17) is 9.47 Å². The first-order chi connectivity index (χ1) is 10.1. The number of fused-ring (bicyclic) bond motifs is 1. The molecule has 0 fully saturated rings. The Balaban J connectivity index is 1.97. The molecule has 1 aliphatic heterocycles. The first-order valence-corrected chi connectivity index (χ1v) is 7.34. The zero-order chi connectivity index (χ0) is 14.9. The number of hydrogen-bond acceptors (Lipinski definition) is 3. The summed E-state index contributed by atoms with van der Waals surface area (Å²) >= 11 is 0. The molecule has 110 valence electrons. The lowest BCUT2D eigenvalue weighted by atomic mass is 9.93. The number of benzene rings is 2. The first-order valence-electron chi connectivity index (χ1n) is 7.34. The number of rotatable bonds is 3. The molecule has 0 bridgehead atoms. The van der Waals surface area contributed by atoms with Gasteiger partial charge in [-0.15, -0.1) is 0 Å². The number of hydrogen-bond donors (Lipinski definition) is 1. The highest BCUT2D eigenvalue weighted by atomic mass is 16.6. The van der Waals surface area contributed by atoms with Crippen molar-refractivity contribution in [2.45, 2.75) is 38.6 Å². The van der Waals surface area contributed by atoms with Crippen molar-refractivity contribution in [1.82, 2.24) is 0 Å². The highest BCUT2D eigenvalue weighted by molar-refractivity contribution is 5.42. The highest BCUT2D eigenvalue weighted by Gasteiger charge is 2.38. The van der Waals surface area contributed by atoms with Crippen LogP contribution >= 0.6 is 0 Å². The molecule has 0 aliphatic carbocycles. The van der Waals surface area contributed by atoms with Crippen molar-refractivity contribution in [2.75, 3.05) is 0 Å². The van der Waals surface area contributed by atoms with Crippen LogP contribution in [-0.4, -0.2) is 11.2 Å². The van der Waals surface area contributed by atoms with E-state index < -0.39 is 5.79 Å². The fraction of sp³-hybridized carbons (Fsp3) is 0.333. The quantitative estimate of drug-likeness (QED) is 0.935. The van der Waals surface area contributed by atoms with Crippen molar-refractivity contribution in [3.8, 4) is 11.5 Å². The first kappa shape index (κ1) is 14.0. The van der Waals surface area contributed by atoms with Gasteiger partial charge in [0.25, 0.3) is 0 Å². The van der Waals surface area contributed by atoms with E-state index in [1.54, 1.807) is 0 Å². The third-order valence-corrected chi connectivity index (χ3v) is 3.66. The molecule has 0 saturated carbocycles. The molecular formula is C18H20O3. The van der Waals surface area contributed by atoms with E-state index in [-0.39, 0.29) is 6.10 Å². The number of aliphatic hydroxyl groups is 1. The molecule has 0 spiro atoms. The minimum absolute atomic E-state index is 0.0469.